The molecule has 0 aromatic carbocycles. The van der Waals surface area contributed by atoms with Crippen LogP contribution in [-0.2, 0) is 4.74 Å². The molecule has 0 spiro atoms. The summed E-state index contributed by atoms with van der Waals surface area (Å²) in [6.07, 6.45) is 5.65. The van der Waals surface area contributed by atoms with E-state index in [0.717, 1.165) is 0 Å². The lowest BCUT2D eigenvalue weighted by Crippen LogP contribution is -2.34. The molecule has 0 heterocycles. The van der Waals surface area contributed by atoms with E-state index in [1.807, 2.05) is 6.92 Å². The molecule has 0 saturated carbocycles. The average molecular weight is 172 g/mol. The van der Waals surface area contributed by atoms with Gasteiger partial charge < -0.3 is 14.9 Å². The molecule has 0 aliphatic carbocycles. The van der Waals surface area contributed by atoms with Crippen molar-refractivity contribution in [2.75, 3.05) is 26.4 Å². The molecule has 3 nitrogen and oxygen atoms in total. The number of ether oxygens (including phenoxy) is 1. The first-order chi connectivity index (χ1) is 5.74. The van der Waals surface area contributed by atoms with Crippen LogP contribution in [0.25, 0.3) is 0 Å². The van der Waals surface area contributed by atoms with Gasteiger partial charge >= 0.3 is 0 Å². The Morgan fingerprint density at radius 2 is 2.00 bits per heavy atom. The van der Waals surface area contributed by atoms with E-state index < -0.39 is 5.41 Å². The maximum atomic E-state index is 8.98. The summed E-state index contributed by atoms with van der Waals surface area (Å²) in [4.78, 5) is 0. The number of terminal acetylenes is 1. The second kappa shape index (κ2) is 6.01. The van der Waals surface area contributed by atoms with Gasteiger partial charge in [0.05, 0.1) is 19.8 Å². The predicted molar refractivity (Wildman–Crippen MR) is 46.5 cm³/mol. The summed E-state index contributed by atoms with van der Waals surface area (Å²) in [5.74, 6) is 2.33. The number of hydrogen-bond acceptors (Lipinski definition) is 3. The monoisotopic (exact) mass is 172 g/mol. The van der Waals surface area contributed by atoms with E-state index in [1.54, 1.807) is 0 Å². The van der Waals surface area contributed by atoms with Crippen molar-refractivity contribution in [1.82, 2.24) is 0 Å². The molecule has 0 aliphatic rings. The second-order valence-electron chi connectivity index (χ2n) is 2.87. The fourth-order valence-corrected chi connectivity index (χ4v) is 0.793. The van der Waals surface area contributed by atoms with Gasteiger partial charge in [-0.15, -0.1) is 6.42 Å². The topological polar surface area (TPSA) is 49.7 Å². The molecule has 12 heavy (non-hydrogen) atoms. The van der Waals surface area contributed by atoms with E-state index in [1.165, 1.54) is 0 Å². The zero-order chi connectivity index (χ0) is 9.45. The standard InChI is InChI=1S/C9H16O3/c1-3-5-12-8-9(4-2,6-10)7-11/h1,10-11H,4-8H2,2H3. The Bertz CT molecular complexity index is 136. The van der Waals surface area contributed by atoms with Gasteiger partial charge in [-0.25, -0.2) is 0 Å². The van der Waals surface area contributed by atoms with Gasteiger partial charge in [-0.05, 0) is 6.42 Å². The highest BCUT2D eigenvalue weighted by Gasteiger charge is 2.26. The SMILES string of the molecule is C#CCOCC(CC)(CO)CO. The fourth-order valence-electron chi connectivity index (χ4n) is 0.793. The summed E-state index contributed by atoms with van der Waals surface area (Å²) < 4.78 is 5.06. The van der Waals surface area contributed by atoms with Crippen LogP contribution in [0.3, 0.4) is 0 Å². The number of aliphatic hydroxyl groups is 2. The molecule has 70 valence electrons. The minimum Gasteiger partial charge on any atom is -0.396 e. The third-order valence-corrected chi connectivity index (χ3v) is 2.01. The van der Waals surface area contributed by atoms with E-state index in [0.29, 0.717) is 13.0 Å². The van der Waals surface area contributed by atoms with E-state index in [9.17, 15) is 0 Å². The Labute approximate surface area is 73.4 Å². The molecular weight excluding hydrogens is 156 g/mol. The molecule has 2 N–H and O–H groups in total. The lowest BCUT2D eigenvalue weighted by molar-refractivity contribution is -0.0216. The Balaban J connectivity index is 3.86. The third-order valence-electron chi connectivity index (χ3n) is 2.01. The van der Waals surface area contributed by atoms with Crippen LogP contribution < -0.4 is 0 Å². The van der Waals surface area contributed by atoms with Gasteiger partial charge in [0.25, 0.3) is 0 Å². The normalized spacial score (nSPS) is 11.2. The third kappa shape index (κ3) is 3.22. The van der Waals surface area contributed by atoms with Crippen LogP contribution in [-0.4, -0.2) is 36.6 Å². The van der Waals surface area contributed by atoms with Crippen LogP contribution in [0.5, 0.6) is 0 Å². The van der Waals surface area contributed by atoms with Crippen molar-refractivity contribution < 1.29 is 14.9 Å². The Morgan fingerprint density at radius 1 is 1.42 bits per heavy atom. The summed E-state index contributed by atoms with van der Waals surface area (Å²) in [5, 5.41) is 18.0. The number of hydrogen-bond donors (Lipinski definition) is 2. The fraction of sp³-hybridized carbons (Fsp3) is 0.778. The lowest BCUT2D eigenvalue weighted by atomic mass is 9.88. The lowest BCUT2D eigenvalue weighted by Gasteiger charge is -2.27. The van der Waals surface area contributed by atoms with Crippen molar-refractivity contribution in [1.29, 1.82) is 0 Å². The van der Waals surface area contributed by atoms with E-state index in [2.05, 4.69) is 5.92 Å². The summed E-state index contributed by atoms with van der Waals surface area (Å²) >= 11 is 0. The van der Waals surface area contributed by atoms with Crippen LogP contribution in [0.2, 0.25) is 0 Å². The van der Waals surface area contributed by atoms with E-state index in [4.69, 9.17) is 21.4 Å². The van der Waals surface area contributed by atoms with Gasteiger partial charge in [0, 0.05) is 5.41 Å². The largest absolute Gasteiger partial charge is 0.396 e. The highest BCUT2D eigenvalue weighted by Crippen LogP contribution is 2.20. The van der Waals surface area contributed by atoms with Gasteiger partial charge in [-0.1, -0.05) is 12.8 Å². The zero-order valence-electron chi connectivity index (χ0n) is 7.42. The van der Waals surface area contributed by atoms with Crippen molar-refractivity contribution in [3.63, 3.8) is 0 Å². The van der Waals surface area contributed by atoms with Crippen LogP contribution >= 0.6 is 0 Å². The van der Waals surface area contributed by atoms with Gasteiger partial charge in [0.1, 0.15) is 6.61 Å². The first-order valence-corrected chi connectivity index (χ1v) is 3.97. The molecule has 3 heteroatoms. The maximum Gasteiger partial charge on any atom is 0.107 e. The Morgan fingerprint density at radius 3 is 2.33 bits per heavy atom. The molecule has 0 aromatic rings. The minimum absolute atomic E-state index is 0.0788. The second-order valence-corrected chi connectivity index (χ2v) is 2.87. The van der Waals surface area contributed by atoms with Crippen molar-refractivity contribution in [3.8, 4) is 12.3 Å². The first kappa shape index (κ1) is 11.4. The van der Waals surface area contributed by atoms with Crippen molar-refractivity contribution in [3.05, 3.63) is 0 Å². The number of aliphatic hydroxyl groups excluding tert-OH is 2. The van der Waals surface area contributed by atoms with E-state index in [-0.39, 0.29) is 19.8 Å². The molecule has 0 amide bonds. The predicted octanol–water partition coefficient (Wildman–Crippen LogP) is 0.0172. The van der Waals surface area contributed by atoms with Crippen LogP contribution in [0.4, 0.5) is 0 Å². The van der Waals surface area contributed by atoms with Gasteiger partial charge in [0.15, 0.2) is 0 Å². The minimum atomic E-state index is -0.531. The molecule has 0 atom stereocenters. The molecule has 0 bridgehead atoms. The van der Waals surface area contributed by atoms with Crippen LogP contribution in [0, 0.1) is 17.8 Å². The highest BCUT2D eigenvalue weighted by atomic mass is 16.5. The van der Waals surface area contributed by atoms with Crippen LogP contribution in [0.15, 0.2) is 0 Å². The summed E-state index contributed by atoms with van der Waals surface area (Å²) in [7, 11) is 0. The first-order valence-electron chi connectivity index (χ1n) is 3.97. The molecular formula is C9H16O3. The van der Waals surface area contributed by atoms with Gasteiger partial charge in [-0.3, -0.25) is 0 Å². The van der Waals surface area contributed by atoms with Gasteiger partial charge in [-0.2, -0.15) is 0 Å². The summed E-state index contributed by atoms with van der Waals surface area (Å²) in [6, 6.07) is 0. The Hall–Kier alpha value is -0.560. The smallest absolute Gasteiger partial charge is 0.107 e. The maximum absolute atomic E-state index is 8.98. The molecule has 0 unspecified atom stereocenters. The average Bonchev–Trinajstić information content (AvgIpc) is 2.14. The molecule has 0 aliphatic heterocycles. The molecule has 0 rings (SSSR count). The quantitative estimate of drug-likeness (QED) is 0.438. The van der Waals surface area contributed by atoms with Crippen LogP contribution in [0.1, 0.15) is 13.3 Å². The van der Waals surface area contributed by atoms with Crippen molar-refractivity contribution >= 4 is 0 Å². The van der Waals surface area contributed by atoms with Crippen molar-refractivity contribution in [2.24, 2.45) is 5.41 Å². The summed E-state index contributed by atoms with van der Waals surface area (Å²) in [6.45, 7) is 2.27. The van der Waals surface area contributed by atoms with Gasteiger partial charge in [0.2, 0.25) is 0 Å². The summed E-state index contributed by atoms with van der Waals surface area (Å²) in [5.41, 5.74) is -0.531. The molecule has 0 fully saturated rings. The Kier molecular flexibility index (Phi) is 5.73. The van der Waals surface area contributed by atoms with Crippen molar-refractivity contribution in [2.45, 2.75) is 13.3 Å². The zero-order valence-corrected chi connectivity index (χ0v) is 7.42. The molecule has 0 aromatic heterocycles. The highest BCUT2D eigenvalue weighted by molar-refractivity contribution is 4.84. The van der Waals surface area contributed by atoms with E-state index >= 15 is 0 Å². The molecule has 0 saturated heterocycles. The number of rotatable bonds is 6. The molecule has 0 radical (unpaired) electrons.